The summed E-state index contributed by atoms with van der Waals surface area (Å²) in [4.78, 5) is 51.0. The second-order valence-electron chi connectivity index (χ2n) is 7.45. The first kappa shape index (κ1) is 19.6. The predicted molar refractivity (Wildman–Crippen MR) is 108 cm³/mol. The molecule has 8 heteroatoms. The largest absolute Gasteiger partial charge is 0.465 e. The summed E-state index contributed by atoms with van der Waals surface area (Å²) in [6.45, 7) is 1.35. The fourth-order valence-corrected chi connectivity index (χ4v) is 4.07. The van der Waals surface area contributed by atoms with Gasteiger partial charge in [0.2, 0.25) is 5.91 Å². The summed E-state index contributed by atoms with van der Waals surface area (Å²) in [5.41, 5.74) is 2.13. The molecule has 0 saturated carbocycles. The van der Waals surface area contributed by atoms with Crippen molar-refractivity contribution in [3.8, 4) is 0 Å². The fourth-order valence-electron chi connectivity index (χ4n) is 4.07. The quantitative estimate of drug-likeness (QED) is 0.597. The number of nitrogens with zero attached hydrogens (tertiary/aromatic N) is 1. The number of benzene rings is 2. The first-order chi connectivity index (χ1) is 14.4. The van der Waals surface area contributed by atoms with Gasteiger partial charge in [-0.15, -0.1) is 0 Å². The van der Waals surface area contributed by atoms with E-state index in [1.165, 1.54) is 13.2 Å². The number of aryl methyl sites for hydroxylation is 2. The molecule has 0 radical (unpaired) electrons. The Morgan fingerprint density at radius 3 is 2.73 bits per heavy atom. The normalized spacial score (nSPS) is 19.6. The van der Waals surface area contributed by atoms with Crippen molar-refractivity contribution >= 4 is 29.5 Å². The Kier molecular flexibility index (Phi) is 4.77. The summed E-state index contributed by atoms with van der Waals surface area (Å²) < 4.78 is 4.70. The summed E-state index contributed by atoms with van der Waals surface area (Å²) in [7, 11) is 1.27. The van der Waals surface area contributed by atoms with Crippen LogP contribution in [0.4, 0.5) is 10.5 Å². The number of anilines is 1. The molecule has 1 spiro atoms. The van der Waals surface area contributed by atoms with Gasteiger partial charge >= 0.3 is 12.0 Å². The molecule has 1 aliphatic carbocycles. The maximum Gasteiger partial charge on any atom is 0.337 e. The molecule has 0 aromatic heterocycles. The number of rotatable bonds is 4. The number of amides is 4. The van der Waals surface area contributed by atoms with Gasteiger partial charge in [0.25, 0.3) is 5.91 Å². The monoisotopic (exact) mass is 407 g/mol. The lowest BCUT2D eigenvalue weighted by Crippen LogP contribution is -2.43. The lowest BCUT2D eigenvalue weighted by atomic mass is 9.92. The van der Waals surface area contributed by atoms with Crippen LogP contribution in [0.1, 0.15) is 33.5 Å². The van der Waals surface area contributed by atoms with E-state index >= 15 is 0 Å². The number of fused-ring (bicyclic) bond motifs is 2. The van der Waals surface area contributed by atoms with Crippen LogP contribution in [-0.2, 0) is 26.3 Å². The van der Waals surface area contributed by atoms with E-state index in [0.717, 1.165) is 21.6 Å². The summed E-state index contributed by atoms with van der Waals surface area (Å²) in [5, 5.41) is 5.47. The van der Waals surface area contributed by atoms with Gasteiger partial charge in [-0.05, 0) is 48.6 Å². The van der Waals surface area contributed by atoms with Crippen molar-refractivity contribution < 1.29 is 23.9 Å². The highest BCUT2D eigenvalue weighted by Gasteiger charge is 2.55. The van der Waals surface area contributed by atoms with Crippen molar-refractivity contribution in [2.45, 2.75) is 25.3 Å². The number of carbonyl (C=O) groups is 4. The van der Waals surface area contributed by atoms with Crippen molar-refractivity contribution in [3.63, 3.8) is 0 Å². The highest BCUT2D eigenvalue weighted by atomic mass is 16.5. The first-order valence-electron chi connectivity index (χ1n) is 9.57. The summed E-state index contributed by atoms with van der Waals surface area (Å²) in [6.07, 6.45) is 1.15. The molecule has 30 heavy (non-hydrogen) atoms. The maximum absolute atomic E-state index is 13.1. The second kappa shape index (κ2) is 7.29. The van der Waals surface area contributed by atoms with E-state index < -0.39 is 35.9 Å². The highest BCUT2D eigenvalue weighted by molar-refractivity contribution is 6.11. The van der Waals surface area contributed by atoms with Crippen molar-refractivity contribution in [1.29, 1.82) is 0 Å². The van der Waals surface area contributed by atoms with E-state index in [2.05, 4.69) is 10.6 Å². The smallest absolute Gasteiger partial charge is 0.337 e. The zero-order chi connectivity index (χ0) is 21.5. The Morgan fingerprint density at radius 1 is 1.20 bits per heavy atom. The third kappa shape index (κ3) is 3.10. The molecule has 0 bridgehead atoms. The molecule has 2 aliphatic rings. The minimum absolute atomic E-state index is 0.287. The first-order valence-corrected chi connectivity index (χ1v) is 9.57. The maximum atomic E-state index is 13.1. The minimum Gasteiger partial charge on any atom is -0.465 e. The molecule has 2 aromatic carbocycles. The number of hydrogen-bond donors (Lipinski definition) is 2. The Balaban J connectivity index is 1.52. The third-order valence-electron chi connectivity index (χ3n) is 5.66. The zero-order valence-electron chi connectivity index (χ0n) is 16.7. The SMILES string of the molecule is COC(=O)c1ccc(C)c(NC(=O)CN2C(=O)NC3(CCc4ccccc43)C2=O)c1. The van der Waals surface area contributed by atoms with Gasteiger partial charge in [-0.3, -0.25) is 14.5 Å². The number of hydrogen-bond acceptors (Lipinski definition) is 5. The Morgan fingerprint density at radius 2 is 1.97 bits per heavy atom. The molecule has 154 valence electrons. The van der Waals surface area contributed by atoms with E-state index in [1.807, 2.05) is 24.3 Å². The number of methoxy groups -OCH3 is 1. The lowest BCUT2D eigenvalue weighted by Gasteiger charge is -2.22. The van der Waals surface area contributed by atoms with Gasteiger partial charge < -0.3 is 15.4 Å². The van der Waals surface area contributed by atoms with Crippen LogP contribution in [0.25, 0.3) is 0 Å². The van der Waals surface area contributed by atoms with E-state index in [0.29, 0.717) is 18.5 Å². The molecule has 1 unspecified atom stereocenters. The van der Waals surface area contributed by atoms with Gasteiger partial charge in [0, 0.05) is 5.69 Å². The number of esters is 1. The molecule has 1 aliphatic heterocycles. The van der Waals surface area contributed by atoms with Crippen LogP contribution in [-0.4, -0.2) is 42.4 Å². The molecule has 4 amide bonds. The molecule has 1 heterocycles. The van der Waals surface area contributed by atoms with Crippen LogP contribution in [0.3, 0.4) is 0 Å². The van der Waals surface area contributed by atoms with Gasteiger partial charge in [-0.25, -0.2) is 9.59 Å². The summed E-state index contributed by atoms with van der Waals surface area (Å²) in [6, 6.07) is 11.7. The molecule has 1 fully saturated rings. The van der Waals surface area contributed by atoms with E-state index in [9.17, 15) is 19.2 Å². The highest BCUT2D eigenvalue weighted by Crippen LogP contribution is 2.41. The molecule has 1 atom stereocenters. The van der Waals surface area contributed by atoms with E-state index in [1.54, 1.807) is 19.1 Å². The standard InChI is InChI=1S/C22H21N3O5/c1-13-7-8-15(19(27)30-2)11-17(13)23-18(26)12-25-20(28)22(24-21(25)29)10-9-14-5-3-4-6-16(14)22/h3-8,11H,9-10,12H2,1-2H3,(H,23,26)(H,24,29). The van der Waals surface area contributed by atoms with Crippen molar-refractivity contribution in [2.24, 2.45) is 0 Å². The number of nitrogens with one attached hydrogen (secondary N) is 2. The number of ether oxygens (including phenoxy) is 1. The average molecular weight is 407 g/mol. The number of urea groups is 1. The Hall–Kier alpha value is -3.68. The van der Waals surface area contributed by atoms with E-state index in [-0.39, 0.29) is 5.56 Å². The van der Waals surface area contributed by atoms with Gasteiger partial charge in [0.1, 0.15) is 12.1 Å². The number of imide groups is 1. The molecule has 1 saturated heterocycles. The van der Waals surface area contributed by atoms with Crippen molar-refractivity contribution in [1.82, 2.24) is 10.2 Å². The summed E-state index contributed by atoms with van der Waals surface area (Å²) >= 11 is 0. The molecule has 8 nitrogen and oxygen atoms in total. The summed E-state index contributed by atoms with van der Waals surface area (Å²) in [5.74, 6) is -1.49. The van der Waals surface area contributed by atoms with Crippen LogP contribution in [0.2, 0.25) is 0 Å². The van der Waals surface area contributed by atoms with Crippen LogP contribution >= 0.6 is 0 Å². The van der Waals surface area contributed by atoms with Gasteiger partial charge in [-0.1, -0.05) is 30.3 Å². The average Bonchev–Trinajstić information content (AvgIpc) is 3.22. The molecule has 4 rings (SSSR count). The van der Waals surface area contributed by atoms with E-state index in [4.69, 9.17) is 4.74 Å². The van der Waals surface area contributed by atoms with Crippen LogP contribution in [0, 0.1) is 6.92 Å². The van der Waals surface area contributed by atoms with Gasteiger partial charge in [0.15, 0.2) is 0 Å². The van der Waals surface area contributed by atoms with Crippen LogP contribution in [0.5, 0.6) is 0 Å². The predicted octanol–water partition coefficient (Wildman–Crippen LogP) is 2.11. The second-order valence-corrected chi connectivity index (χ2v) is 7.45. The van der Waals surface area contributed by atoms with Crippen molar-refractivity contribution in [2.75, 3.05) is 19.0 Å². The molecule has 2 aromatic rings. The lowest BCUT2D eigenvalue weighted by molar-refractivity contribution is -0.134. The number of carbonyl (C=O) groups excluding carboxylic acids is 4. The Labute approximate surface area is 173 Å². The molecular formula is C22H21N3O5. The van der Waals surface area contributed by atoms with Gasteiger partial charge in [-0.2, -0.15) is 0 Å². The van der Waals surface area contributed by atoms with Crippen LogP contribution in [0.15, 0.2) is 42.5 Å². The van der Waals surface area contributed by atoms with Crippen molar-refractivity contribution in [3.05, 3.63) is 64.7 Å². The molecular weight excluding hydrogens is 386 g/mol. The molecule has 2 N–H and O–H groups in total. The van der Waals surface area contributed by atoms with Gasteiger partial charge in [0.05, 0.1) is 12.7 Å². The minimum atomic E-state index is -1.10. The third-order valence-corrected chi connectivity index (χ3v) is 5.66. The van der Waals surface area contributed by atoms with Crippen LogP contribution < -0.4 is 10.6 Å². The fraction of sp³-hybridized carbons (Fsp3) is 0.273. The zero-order valence-corrected chi connectivity index (χ0v) is 16.7. The topological polar surface area (TPSA) is 105 Å². The Bertz CT molecular complexity index is 1080.